The SMILES string of the molecule is CCN(CC)C1=CCC(c2nc3nc(Oc4ccc(C)c(C(=O)O)c4)[nH]c3cc2Cl)C=C1. The molecular weight excluding hydrogens is 428 g/mol. The molecule has 1 aliphatic carbocycles. The third kappa shape index (κ3) is 4.34. The summed E-state index contributed by atoms with van der Waals surface area (Å²) in [4.78, 5) is 25.8. The number of hydrogen-bond acceptors (Lipinski definition) is 5. The number of halogens is 1. The van der Waals surface area contributed by atoms with Crippen LogP contribution >= 0.6 is 11.6 Å². The second-order valence-electron chi connectivity index (χ2n) is 7.66. The van der Waals surface area contributed by atoms with E-state index in [1.54, 1.807) is 25.1 Å². The van der Waals surface area contributed by atoms with Crippen molar-refractivity contribution in [1.29, 1.82) is 0 Å². The van der Waals surface area contributed by atoms with Crippen LogP contribution < -0.4 is 4.74 Å². The van der Waals surface area contributed by atoms with E-state index in [1.165, 1.54) is 11.8 Å². The molecule has 2 heterocycles. The van der Waals surface area contributed by atoms with E-state index in [9.17, 15) is 9.90 Å². The number of aryl methyl sites for hydroxylation is 1. The summed E-state index contributed by atoms with van der Waals surface area (Å²) in [5.41, 5.74) is 3.98. The lowest BCUT2D eigenvalue weighted by atomic mass is 9.95. The van der Waals surface area contributed by atoms with Gasteiger partial charge in [-0.2, -0.15) is 4.98 Å². The summed E-state index contributed by atoms with van der Waals surface area (Å²) in [6.45, 7) is 7.96. The molecule has 3 aromatic rings. The normalized spacial score (nSPS) is 15.6. The fraction of sp³-hybridized carbons (Fsp3) is 0.292. The minimum absolute atomic E-state index is 0.0718. The summed E-state index contributed by atoms with van der Waals surface area (Å²) in [5.74, 6) is -0.556. The topological polar surface area (TPSA) is 91.3 Å². The standard InChI is InChI=1S/C24H25ClN4O3/c1-4-29(5-2)16-9-7-15(8-10-16)21-19(25)13-20-22(27-21)28-24(26-20)32-17-11-6-14(3)18(12-17)23(30)31/h6-7,9-13,15H,4-5,8H2,1-3H3,(H,30,31)(H,26,27,28). The van der Waals surface area contributed by atoms with Gasteiger partial charge in [-0.05, 0) is 57.0 Å². The van der Waals surface area contributed by atoms with Crippen LogP contribution in [-0.2, 0) is 0 Å². The number of carbonyl (C=O) groups is 1. The highest BCUT2D eigenvalue weighted by atomic mass is 35.5. The molecule has 7 nitrogen and oxygen atoms in total. The largest absolute Gasteiger partial charge is 0.478 e. The second-order valence-corrected chi connectivity index (χ2v) is 8.06. The van der Waals surface area contributed by atoms with Crippen molar-refractivity contribution in [2.45, 2.75) is 33.1 Å². The number of imidazole rings is 1. The number of aromatic amines is 1. The summed E-state index contributed by atoms with van der Waals surface area (Å²) < 4.78 is 5.76. The monoisotopic (exact) mass is 452 g/mol. The van der Waals surface area contributed by atoms with Gasteiger partial charge in [-0.1, -0.05) is 29.8 Å². The molecule has 0 bridgehead atoms. The number of pyridine rings is 1. The molecule has 0 radical (unpaired) electrons. The number of hydrogen-bond donors (Lipinski definition) is 2. The average molecular weight is 453 g/mol. The molecule has 0 amide bonds. The molecule has 1 unspecified atom stereocenters. The zero-order valence-corrected chi connectivity index (χ0v) is 19.0. The van der Waals surface area contributed by atoms with E-state index in [4.69, 9.17) is 16.3 Å². The number of carboxylic acids is 1. The number of rotatable bonds is 7. The summed E-state index contributed by atoms with van der Waals surface area (Å²) in [5, 5.41) is 9.88. The van der Waals surface area contributed by atoms with E-state index in [2.05, 4.69) is 51.9 Å². The molecule has 1 atom stereocenters. The van der Waals surface area contributed by atoms with Gasteiger partial charge in [0.2, 0.25) is 0 Å². The second kappa shape index (κ2) is 9.04. The van der Waals surface area contributed by atoms with Gasteiger partial charge < -0.3 is 19.7 Å². The first kappa shape index (κ1) is 21.9. The van der Waals surface area contributed by atoms with Crippen LogP contribution in [0, 0.1) is 6.92 Å². The fourth-order valence-corrected chi connectivity index (χ4v) is 4.15. The van der Waals surface area contributed by atoms with Gasteiger partial charge in [-0.3, -0.25) is 0 Å². The number of aromatic nitrogens is 3. The summed E-state index contributed by atoms with van der Waals surface area (Å²) >= 11 is 6.55. The Kier molecular flexibility index (Phi) is 6.19. The van der Waals surface area contributed by atoms with Crippen molar-refractivity contribution in [2.24, 2.45) is 0 Å². The first-order valence-electron chi connectivity index (χ1n) is 10.6. The molecule has 1 aromatic carbocycles. The van der Waals surface area contributed by atoms with Crippen LogP contribution in [0.5, 0.6) is 11.8 Å². The Bertz CT molecular complexity index is 1230. The molecule has 0 aliphatic heterocycles. The zero-order chi connectivity index (χ0) is 22.8. The molecule has 4 rings (SSSR count). The van der Waals surface area contributed by atoms with Crippen LogP contribution in [0.15, 0.2) is 48.2 Å². The van der Waals surface area contributed by atoms with E-state index in [0.29, 0.717) is 27.5 Å². The molecular formula is C24H25ClN4O3. The van der Waals surface area contributed by atoms with Gasteiger partial charge in [0.05, 0.1) is 21.8 Å². The molecule has 1 aliphatic rings. The van der Waals surface area contributed by atoms with Gasteiger partial charge >= 0.3 is 12.0 Å². The Morgan fingerprint density at radius 1 is 1.28 bits per heavy atom. The summed E-state index contributed by atoms with van der Waals surface area (Å²) in [6, 6.07) is 6.90. The van der Waals surface area contributed by atoms with E-state index in [0.717, 1.165) is 25.2 Å². The van der Waals surface area contributed by atoms with E-state index in [-0.39, 0.29) is 17.5 Å². The maximum Gasteiger partial charge on any atom is 0.336 e. The molecule has 32 heavy (non-hydrogen) atoms. The Morgan fingerprint density at radius 2 is 2.06 bits per heavy atom. The smallest absolute Gasteiger partial charge is 0.336 e. The molecule has 2 aromatic heterocycles. The maximum atomic E-state index is 11.4. The number of carboxylic acid groups (broad SMARTS) is 1. The van der Waals surface area contributed by atoms with Crippen LogP contribution in [0.2, 0.25) is 5.02 Å². The zero-order valence-electron chi connectivity index (χ0n) is 18.2. The quantitative estimate of drug-likeness (QED) is 0.479. The molecule has 0 spiro atoms. The lowest BCUT2D eigenvalue weighted by Crippen LogP contribution is -2.22. The first-order chi connectivity index (χ1) is 15.4. The number of fused-ring (bicyclic) bond motifs is 1. The molecule has 2 N–H and O–H groups in total. The van der Waals surface area contributed by atoms with Crippen molar-refractivity contribution in [2.75, 3.05) is 13.1 Å². The summed E-state index contributed by atoms with van der Waals surface area (Å²) in [7, 11) is 0. The molecule has 8 heteroatoms. The number of ether oxygens (including phenoxy) is 1. The third-order valence-electron chi connectivity index (χ3n) is 5.65. The number of allylic oxidation sites excluding steroid dienone is 3. The minimum atomic E-state index is -1.01. The number of H-pyrrole nitrogens is 1. The van der Waals surface area contributed by atoms with Crippen molar-refractivity contribution in [1.82, 2.24) is 19.9 Å². The number of nitrogens with zero attached hydrogens (tertiary/aromatic N) is 3. The number of aromatic carboxylic acids is 1. The van der Waals surface area contributed by atoms with Crippen LogP contribution in [-0.4, -0.2) is 44.0 Å². The molecule has 0 saturated heterocycles. The molecule has 0 fully saturated rings. The Labute approximate surface area is 191 Å². The van der Waals surface area contributed by atoms with Crippen LogP contribution in [0.4, 0.5) is 0 Å². The number of nitrogens with one attached hydrogen (secondary N) is 1. The average Bonchev–Trinajstić information content (AvgIpc) is 3.16. The van der Waals surface area contributed by atoms with Crippen molar-refractivity contribution in [3.05, 3.63) is 70.0 Å². The van der Waals surface area contributed by atoms with Crippen LogP contribution in [0.1, 0.15) is 47.8 Å². The highest BCUT2D eigenvalue weighted by Crippen LogP contribution is 2.33. The van der Waals surface area contributed by atoms with Crippen molar-refractivity contribution in [3.8, 4) is 11.8 Å². The number of likely N-dealkylation sites (N-methyl/N-ethyl adjacent to an activating group) is 1. The van der Waals surface area contributed by atoms with Gasteiger partial charge in [0, 0.05) is 24.7 Å². The van der Waals surface area contributed by atoms with Gasteiger partial charge in [0.15, 0.2) is 5.65 Å². The van der Waals surface area contributed by atoms with Crippen molar-refractivity contribution < 1.29 is 14.6 Å². The summed E-state index contributed by atoms with van der Waals surface area (Å²) in [6.07, 6.45) is 7.30. The van der Waals surface area contributed by atoms with Crippen LogP contribution in [0.25, 0.3) is 11.2 Å². The predicted octanol–water partition coefficient (Wildman–Crippen LogP) is 5.68. The predicted molar refractivity (Wildman–Crippen MR) is 125 cm³/mol. The lowest BCUT2D eigenvalue weighted by molar-refractivity contribution is 0.0695. The van der Waals surface area contributed by atoms with Crippen molar-refractivity contribution >= 4 is 28.7 Å². The van der Waals surface area contributed by atoms with Gasteiger partial charge in [-0.25, -0.2) is 9.78 Å². The van der Waals surface area contributed by atoms with Gasteiger partial charge in [0.1, 0.15) is 5.75 Å². The van der Waals surface area contributed by atoms with Gasteiger partial charge in [-0.15, -0.1) is 0 Å². The fourth-order valence-electron chi connectivity index (χ4n) is 3.86. The maximum absolute atomic E-state index is 11.4. The molecule has 166 valence electrons. The highest BCUT2D eigenvalue weighted by Gasteiger charge is 2.20. The van der Waals surface area contributed by atoms with E-state index in [1.807, 2.05) is 0 Å². The first-order valence-corrected chi connectivity index (χ1v) is 11.0. The minimum Gasteiger partial charge on any atom is -0.478 e. The van der Waals surface area contributed by atoms with E-state index >= 15 is 0 Å². The van der Waals surface area contributed by atoms with Crippen molar-refractivity contribution in [3.63, 3.8) is 0 Å². The molecule has 0 saturated carbocycles. The Balaban J connectivity index is 1.57. The van der Waals surface area contributed by atoms with E-state index < -0.39 is 5.97 Å². The third-order valence-corrected chi connectivity index (χ3v) is 5.95. The Hall–Kier alpha value is -3.32. The van der Waals surface area contributed by atoms with Gasteiger partial charge in [0.25, 0.3) is 0 Å². The number of benzene rings is 1. The van der Waals surface area contributed by atoms with Crippen LogP contribution in [0.3, 0.4) is 0 Å². The highest BCUT2D eigenvalue weighted by molar-refractivity contribution is 6.31. The Morgan fingerprint density at radius 3 is 2.72 bits per heavy atom. The lowest BCUT2D eigenvalue weighted by Gasteiger charge is -2.26.